The van der Waals surface area contributed by atoms with E-state index in [9.17, 15) is 18.6 Å². The van der Waals surface area contributed by atoms with Crippen molar-refractivity contribution in [2.24, 2.45) is 0 Å². The molecule has 0 spiro atoms. The first-order valence-corrected chi connectivity index (χ1v) is 8.23. The fourth-order valence-electron chi connectivity index (χ4n) is 2.21. The van der Waals surface area contributed by atoms with Crippen molar-refractivity contribution in [3.8, 4) is 34.3 Å². The number of benzene rings is 2. The third-order valence-corrected chi connectivity index (χ3v) is 4.21. The molecule has 0 amide bonds. The van der Waals surface area contributed by atoms with Gasteiger partial charge in [0.15, 0.2) is 5.82 Å². The lowest BCUT2D eigenvalue weighted by molar-refractivity contribution is 0.427. The Kier molecular flexibility index (Phi) is 3.92. The molecule has 1 aromatic heterocycles. The summed E-state index contributed by atoms with van der Waals surface area (Å²) in [4.78, 5) is 7.61. The van der Waals surface area contributed by atoms with Gasteiger partial charge in [0.1, 0.15) is 5.56 Å². The van der Waals surface area contributed by atoms with Gasteiger partial charge in [-0.3, -0.25) is 4.55 Å². The third kappa shape index (κ3) is 3.05. The average molecular weight is 344 g/mol. The summed E-state index contributed by atoms with van der Waals surface area (Å²) in [5.41, 5.74) is 1.03. The highest BCUT2D eigenvalue weighted by molar-refractivity contribution is 7.85. The van der Waals surface area contributed by atoms with Crippen molar-refractivity contribution >= 4 is 10.1 Å². The zero-order valence-electron chi connectivity index (χ0n) is 12.2. The topological polar surface area (TPSA) is 121 Å². The highest BCUT2D eigenvalue weighted by Gasteiger charge is 2.17. The number of rotatable bonds is 3. The van der Waals surface area contributed by atoms with Crippen molar-refractivity contribution in [1.82, 2.24) is 9.97 Å². The van der Waals surface area contributed by atoms with Gasteiger partial charge >= 0.3 is 0 Å². The Morgan fingerprint density at radius 2 is 1.29 bits per heavy atom. The molecular formula is C16H12N2O5S. The van der Waals surface area contributed by atoms with Gasteiger partial charge in [0.2, 0.25) is 11.8 Å². The van der Waals surface area contributed by atoms with Gasteiger partial charge in [-0.15, -0.1) is 0 Å². The fourth-order valence-corrected chi connectivity index (χ4v) is 2.69. The summed E-state index contributed by atoms with van der Waals surface area (Å²) in [5, 5.41) is 20.2. The van der Waals surface area contributed by atoms with E-state index in [1.807, 2.05) is 0 Å². The molecule has 24 heavy (non-hydrogen) atoms. The summed E-state index contributed by atoms with van der Waals surface area (Å²) >= 11 is 0. The molecule has 8 heteroatoms. The van der Waals surface area contributed by atoms with Crippen molar-refractivity contribution in [2.75, 3.05) is 0 Å². The normalized spacial score (nSPS) is 11.4. The van der Waals surface area contributed by atoms with Crippen molar-refractivity contribution in [1.29, 1.82) is 0 Å². The number of hydrogen-bond donors (Lipinski definition) is 3. The van der Waals surface area contributed by atoms with Gasteiger partial charge in [0.05, 0.1) is 4.90 Å². The highest BCUT2D eigenvalue weighted by Crippen LogP contribution is 2.36. The molecule has 0 radical (unpaired) electrons. The van der Waals surface area contributed by atoms with Crippen LogP contribution < -0.4 is 0 Å². The minimum absolute atomic E-state index is 0.0200. The molecule has 2 aromatic carbocycles. The van der Waals surface area contributed by atoms with Crippen molar-refractivity contribution in [3.05, 3.63) is 54.6 Å². The van der Waals surface area contributed by atoms with E-state index in [4.69, 9.17) is 4.55 Å². The van der Waals surface area contributed by atoms with Crippen molar-refractivity contribution in [2.45, 2.75) is 4.90 Å². The summed E-state index contributed by atoms with van der Waals surface area (Å²) < 4.78 is 31.0. The van der Waals surface area contributed by atoms with Crippen LogP contribution in [0.25, 0.3) is 22.5 Å². The molecule has 1 heterocycles. The Morgan fingerprint density at radius 1 is 0.750 bits per heavy atom. The van der Waals surface area contributed by atoms with Crippen molar-refractivity contribution < 1.29 is 23.2 Å². The summed E-state index contributed by atoms with van der Waals surface area (Å²) in [6.45, 7) is 0. The second kappa shape index (κ2) is 5.91. The van der Waals surface area contributed by atoms with Crippen LogP contribution in [-0.4, -0.2) is 33.2 Å². The minimum Gasteiger partial charge on any atom is -0.493 e. The fraction of sp³-hybridized carbons (Fsp3) is 0. The standard InChI is InChI=1S/C16H12N2O5S/c19-15-13(10-4-2-1-3-5-10)16(20)18-14(17-15)11-6-8-12(9-7-11)24(21,22)23/h1-9H,(H,21,22,23)(H2,17,18,19,20). The molecule has 3 rings (SSSR count). The molecule has 0 saturated carbocycles. The van der Waals surface area contributed by atoms with E-state index in [-0.39, 0.29) is 16.3 Å². The van der Waals surface area contributed by atoms with E-state index in [0.29, 0.717) is 11.1 Å². The summed E-state index contributed by atoms with van der Waals surface area (Å²) in [6.07, 6.45) is 0. The first-order valence-electron chi connectivity index (χ1n) is 6.79. The lowest BCUT2D eigenvalue weighted by Gasteiger charge is -2.08. The summed E-state index contributed by atoms with van der Waals surface area (Å²) in [6, 6.07) is 13.7. The summed E-state index contributed by atoms with van der Waals surface area (Å²) in [7, 11) is -4.30. The van der Waals surface area contributed by atoms with E-state index in [1.165, 1.54) is 24.3 Å². The monoisotopic (exact) mass is 344 g/mol. The average Bonchev–Trinajstić information content (AvgIpc) is 2.54. The largest absolute Gasteiger partial charge is 0.493 e. The van der Waals surface area contributed by atoms with Gasteiger partial charge in [-0.05, 0) is 29.8 Å². The van der Waals surface area contributed by atoms with E-state index < -0.39 is 21.9 Å². The minimum atomic E-state index is -4.30. The molecule has 0 aliphatic rings. The Morgan fingerprint density at radius 3 is 1.79 bits per heavy atom. The molecule has 0 unspecified atom stereocenters. The predicted molar refractivity (Wildman–Crippen MR) is 86.0 cm³/mol. The maximum atomic E-state index is 11.0. The van der Waals surface area contributed by atoms with E-state index >= 15 is 0 Å². The van der Waals surface area contributed by atoms with E-state index in [2.05, 4.69) is 9.97 Å². The number of aromatic hydroxyl groups is 2. The Bertz CT molecular complexity index is 964. The van der Waals surface area contributed by atoms with Crippen molar-refractivity contribution in [3.63, 3.8) is 0 Å². The van der Waals surface area contributed by atoms with Crippen LogP contribution in [0.5, 0.6) is 11.8 Å². The summed E-state index contributed by atoms with van der Waals surface area (Å²) in [5.74, 6) is -0.781. The lowest BCUT2D eigenvalue weighted by atomic mass is 10.1. The molecule has 0 atom stereocenters. The second-order valence-electron chi connectivity index (χ2n) is 4.93. The van der Waals surface area contributed by atoms with Crippen LogP contribution in [-0.2, 0) is 10.1 Å². The first kappa shape index (κ1) is 15.9. The molecule has 3 N–H and O–H groups in total. The molecule has 0 aliphatic heterocycles. The maximum absolute atomic E-state index is 11.0. The molecule has 0 saturated heterocycles. The Labute approximate surface area is 137 Å². The third-order valence-electron chi connectivity index (χ3n) is 3.34. The Hall–Kier alpha value is -2.97. The number of hydrogen-bond acceptors (Lipinski definition) is 6. The molecule has 122 valence electrons. The van der Waals surface area contributed by atoms with Crippen LogP contribution in [0.3, 0.4) is 0 Å². The quantitative estimate of drug-likeness (QED) is 0.624. The van der Waals surface area contributed by atoms with Gasteiger partial charge in [-0.25, -0.2) is 0 Å². The molecule has 0 aliphatic carbocycles. The smallest absolute Gasteiger partial charge is 0.294 e. The molecule has 3 aromatic rings. The number of aromatic nitrogens is 2. The van der Waals surface area contributed by atoms with E-state index in [0.717, 1.165) is 0 Å². The van der Waals surface area contributed by atoms with Gasteiger partial charge < -0.3 is 10.2 Å². The second-order valence-corrected chi connectivity index (χ2v) is 6.36. The Balaban J connectivity index is 2.05. The predicted octanol–water partition coefficient (Wildman–Crippen LogP) is 2.47. The lowest BCUT2D eigenvalue weighted by Crippen LogP contribution is -1.98. The zero-order chi connectivity index (χ0) is 17.3. The maximum Gasteiger partial charge on any atom is 0.294 e. The first-order chi connectivity index (χ1) is 11.4. The van der Waals surface area contributed by atoms with Gasteiger partial charge in [-0.1, -0.05) is 30.3 Å². The zero-order valence-corrected chi connectivity index (χ0v) is 13.0. The van der Waals surface area contributed by atoms with E-state index in [1.54, 1.807) is 30.3 Å². The SMILES string of the molecule is O=S(=O)(O)c1ccc(-c2nc(O)c(-c3ccccc3)c(O)n2)cc1. The van der Waals surface area contributed by atoms with Gasteiger partial charge in [-0.2, -0.15) is 18.4 Å². The van der Waals surface area contributed by atoms with Crippen LogP contribution in [0, 0.1) is 0 Å². The van der Waals surface area contributed by atoms with Crippen LogP contribution in [0.4, 0.5) is 0 Å². The number of nitrogens with zero attached hydrogens (tertiary/aromatic N) is 2. The van der Waals surface area contributed by atoms with Crippen LogP contribution in [0.15, 0.2) is 59.5 Å². The highest BCUT2D eigenvalue weighted by atomic mass is 32.2. The van der Waals surface area contributed by atoms with Gasteiger partial charge in [0.25, 0.3) is 10.1 Å². The van der Waals surface area contributed by atoms with Crippen LogP contribution in [0.1, 0.15) is 0 Å². The van der Waals surface area contributed by atoms with Crippen LogP contribution >= 0.6 is 0 Å². The molecule has 0 fully saturated rings. The molecular weight excluding hydrogens is 332 g/mol. The van der Waals surface area contributed by atoms with Gasteiger partial charge in [0, 0.05) is 5.56 Å². The molecule has 0 bridgehead atoms. The van der Waals surface area contributed by atoms with Crippen LogP contribution in [0.2, 0.25) is 0 Å². The molecule has 7 nitrogen and oxygen atoms in total.